The second kappa shape index (κ2) is 3.95. The minimum atomic E-state index is -0.00120. The van der Waals surface area contributed by atoms with Gasteiger partial charge in [0, 0.05) is 19.0 Å². The van der Waals surface area contributed by atoms with Crippen molar-refractivity contribution in [2.75, 3.05) is 20.1 Å². The fourth-order valence-electron chi connectivity index (χ4n) is 2.66. The third kappa shape index (κ3) is 1.76. The van der Waals surface area contributed by atoms with Crippen LogP contribution in [0.2, 0.25) is 0 Å². The fraction of sp³-hybridized carbons (Fsp3) is 1.00. The van der Waals surface area contributed by atoms with Gasteiger partial charge in [0.25, 0.3) is 0 Å². The summed E-state index contributed by atoms with van der Waals surface area (Å²) in [6.45, 7) is 2.33. The molecule has 3 heteroatoms. The number of aliphatic hydroxyl groups is 1. The van der Waals surface area contributed by atoms with E-state index in [1.165, 1.54) is 19.4 Å². The average molecular weight is 192 g/mol. The summed E-state index contributed by atoms with van der Waals surface area (Å²) in [5.74, 6) is 1.39. The largest absolute Gasteiger partial charge is 0.393 e. The molecule has 0 aromatic heterocycles. The van der Waals surface area contributed by atoms with E-state index in [0.717, 1.165) is 18.9 Å². The molecule has 0 aromatic rings. The van der Waals surface area contributed by atoms with E-state index in [1.54, 1.807) is 0 Å². The first-order chi connectivity index (χ1) is 5.27. The highest BCUT2D eigenvalue weighted by Gasteiger charge is 2.37. The molecule has 1 saturated carbocycles. The van der Waals surface area contributed by atoms with E-state index in [0.29, 0.717) is 5.92 Å². The van der Waals surface area contributed by atoms with Gasteiger partial charge in [-0.15, -0.1) is 12.4 Å². The van der Waals surface area contributed by atoms with Crippen LogP contribution in [0.25, 0.3) is 0 Å². The summed E-state index contributed by atoms with van der Waals surface area (Å²) >= 11 is 0. The second-order valence-corrected chi connectivity index (χ2v) is 4.14. The Morgan fingerprint density at radius 2 is 2.00 bits per heavy atom. The van der Waals surface area contributed by atoms with Crippen molar-refractivity contribution < 1.29 is 5.11 Å². The van der Waals surface area contributed by atoms with Gasteiger partial charge in [-0.1, -0.05) is 6.42 Å². The summed E-state index contributed by atoms with van der Waals surface area (Å²) in [7, 11) is 2.16. The predicted molar refractivity (Wildman–Crippen MR) is 51.6 cm³/mol. The Bertz CT molecular complexity index is 153. The van der Waals surface area contributed by atoms with Gasteiger partial charge in [0.2, 0.25) is 0 Å². The first-order valence-electron chi connectivity index (χ1n) is 4.64. The number of fused-ring (bicyclic) bond motifs is 1. The molecule has 2 aliphatic rings. The van der Waals surface area contributed by atoms with Gasteiger partial charge in [0.15, 0.2) is 0 Å². The normalized spacial score (nSPS) is 42.0. The third-order valence-electron chi connectivity index (χ3n) is 3.24. The molecule has 0 aromatic carbocycles. The molecular weight excluding hydrogens is 174 g/mol. The number of halogens is 1. The van der Waals surface area contributed by atoms with Crippen LogP contribution in [-0.4, -0.2) is 36.2 Å². The Morgan fingerprint density at radius 1 is 1.25 bits per heavy atom. The molecule has 1 aliphatic heterocycles. The Morgan fingerprint density at radius 3 is 2.67 bits per heavy atom. The molecule has 2 fully saturated rings. The van der Waals surface area contributed by atoms with Crippen LogP contribution in [0, 0.1) is 11.8 Å². The van der Waals surface area contributed by atoms with Crippen molar-refractivity contribution in [1.29, 1.82) is 0 Å². The molecule has 0 amide bonds. The number of likely N-dealkylation sites (tertiary alicyclic amines) is 1. The van der Waals surface area contributed by atoms with Crippen LogP contribution in [-0.2, 0) is 0 Å². The smallest absolute Gasteiger partial charge is 0.0583 e. The highest BCUT2D eigenvalue weighted by molar-refractivity contribution is 5.85. The third-order valence-corrected chi connectivity index (χ3v) is 3.24. The molecule has 1 saturated heterocycles. The number of nitrogens with zero attached hydrogens (tertiary/aromatic N) is 1. The van der Waals surface area contributed by atoms with Crippen LogP contribution in [0.15, 0.2) is 0 Å². The van der Waals surface area contributed by atoms with Crippen molar-refractivity contribution in [1.82, 2.24) is 4.90 Å². The first kappa shape index (κ1) is 10.3. The van der Waals surface area contributed by atoms with Crippen molar-refractivity contribution in [2.24, 2.45) is 11.8 Å². The van der Waals surface area contributed by atoms with Gasteiger partial charge >= 0.3 is 0 Å². The molecule has 3 atom stereocenters. The Hall–Kier alpha value is 0.210. The first-order valence-corrected chi connectivity index (χ1v) is 4.64. The minimum absolute atomic E-state index is 0. The molecule has 72 valence electrons. The molecule has 12 heavy (non-hydrogen) atoms. The van der Waals surface area contributed by atoms with Gasteiger partial charge in [0.1, 0.15) is 0 Å². The van der Waals surface area contributed by atoms with Crippen LogP contribution < -0.4 is 0 Å². The molecule has 2 nitrogen and oxygen atoms in total. The van der Waals surface area contributed by atoms with Crippen molar-refractivity contribution >= 4 is 12.4 Å². The van der Waals surface area contributed by atoms with Crippen LogP contribution in [0.5, 0.6) is 0 Å². The molecule has 0 radical (unpaired) electrons. The number of aliphatic hydroxyl groups excluding tert-OH is 1. The van der Waals surface area contributed by atoms with Gasteiger partial charge in [-0.2, -0.15) is 0 Å². The molecule has 1 aliphatic carbocycles. The Kier molecular flexibility index (Phi) is 3.38. The van der Waals surface area contributed by atoms with Gasteiger partial charge in [-0.25, -0.2) is 0 Å². The zero-order valence-electron chi connectivity index (χ0n) is 7.57. The summed E-state index contributed by atoms with van der Waals surface area (Å²) in [5.41, 5.74) is 0. The van der Waals surface area contributed by atoms with Gasteiger partial charge in [0.05, 0.1) is 6.10 Å². The lowest BCUT2D eigenvalue weighted by molar-refractivity contribution is 0.0552. The summed E-state index contributed by atoms with van der Waals surface area (Å²) < 4.78 is 0. The van der Waals surface area contributed by atoms with E-state index in [-0.39, 0.29) is 18.5 Å². The van der Waals surface area contributed by atoms with Crippen LogP contribution in [0.4, 0.5) is 0 Å². The zero-order chi connectivity index (χ0) is 7.84. The van der Waals surface area contributed by atoms with Gasteiger partial charge < -0.3 is 10.0 Å². The van der Waals surface area contributed by atoms with Crippen LogP contribution >= 0.6 is 12.4 Å². The van der Waals surface area contributed by atoms with Crippen LogP contribution in [0.1, 0.15) is 19.3 Å². The number of rotatable bonds is 0. The molecular formula is C9H18ClNO. The maximum Gasteiger partial charge on any atom is 0.0583 e. The SMILES string of the molecule is CN1CC2CCCC(O)C2C1.Cl. The summed E-state index contributed by atoms with van der Waals surface area (Å²) in [6.07, 6.45) is 3.61. The molecule has 1 heterocycles. The van der Waals surface area contributed by atoms with Crippen molar-refractivity contribution in [3.63, 3.8) is 0 Å². The fourth-order valence-corrected chi connectivity index (χ4v) is 2.66. The lowest BCUT2D eigenvalue weighted by Gasteiger charge is -2.28. The van der Waals surface area contributed by atoms with Crippen LogP contribution in [0.3, 0.4) is 0 Å². The average Bonchev–Trinajstić information content (AvgIpc) is 2.31. The quantitative estimate of drug-likeness (QED) is 0.621. The van der Waals surface area contributed by atoms with Gasteiger partial charge in [-0.3, -0.25) is 0 Å². The number of hydrogen-bond donors (Lipinski definition) is 1. The van der Waals surface area contributed by atoms with E-state index in [1.807, 2.05) is 0 Å². The molecule has 0 spiro atoms. The van der Waals surface area contributed by atoms with Gasteiger partial charge in [-0.05, 0) is 25.8 Å². The zero-order valence-corrected chi connectivity index (χ0v) is 8.39. The van der Waals surface area contributed by atoms with E-state index < -0.39 is 0 Å². The summed E-state index contributed by atoms with van der Waals surface area (Å²) in [5, 5.41) is 9.67. The van der Waals surface area contributed by atoms with Crippen molar-refractivity contribution in [3.05, 3.63) is 0 Å². The monoisotopic (exact) mass is 191 g/mol. The highest BCUT2D eigenvalue weighted by atomic mass is 35.5. The molecule has 1 N–H and O–H groups in total. The topological polar surface area (TPSA) is 23.5 Å². The number of hydrogen-bond acceptors (Lipinski definition) is 2. The Labute approximate surface area is 80.4 Å². The molecule has 3 unspecified atom stereocenters. The highest BCUT2D eigenvalue weighted by Crippen LogP contribution is 2.35. The minimum Gasteiger partial charge on any atom is -0.393 e. The van der Waals surface area contributed by atoms with Crippen molar-refractivity contribution in [3.8, 4) is 0 Å². The summed E-state index contributed by atoms with van der Waals surface area (Å²) in [4.78, 5) is 2.35. The molecule has 2 rings (SSSR count). The lowest BCUT2D eigenvalue weighted by atomic mass is 9.80. The van der Waals surface area contributed by atoms with E-state index >= 15 is 0 Å². The Balaban J connectivity index is 0.000000720. The van der Waals surface area contributed by atoms with E-state index in [4.69, 9.17) is 0 Å². The maximum absolute atomic E-state index is 9.67. The predicted octanol–water partition coefficient (Wildman–Crippen LogP) is 1.13. The van der Waals surface area contributed by atoms with E-state index in [2.05, 4.69) is 11.9 Å². The van der Waals surface area contributed by atoms with E-state index in [9.17, 15) is 5.11 Å². The maximum atomic E-state index is 9.67. The molecule has 0 bridgehead atoms. The lowest BCUT2D eigenvalue weighted by Crippen LogP contribution is -2.31. The summed E-state index contributed by atoms with van der Waals surface area (Å²) in [6, 6.07) is 0. The second-order valence-electron chi connectivity index (χ2n) is 4.14. The van der Waals surface area contributed by atoms with Crippen molar-refractivity contribution in [2.45, 2.75) is 25.4 Å². The standard InChI is InChI=1S/C9H17NO.ClH/c1-10-5-7-3-2-4-9(11)8(7)6-10;/h7-9,11H,2-6H2,1H3;1H.